The van der Waals surface area contributed by atoms with Crippen LogP contribution in [0, 0.1) is 0 Å². The van der Waals surface area contributed by atoms with Crippen molar-refractivity contribution in [2.75, 3.05) is 7.11 Å². The van der Waals surface area contributed by atoms with Crippen LogP contribution in [0.25, 0.3) is 12.2 Å². The molecule has 0 radical (unpaired) electrons. The van der Waals surface area contributed by atoms with Crippen LogP contribution in [-0.4, -0.2) is 7.11 Å². The smallest absolute Gasteiger partial charge is 0.118 e. The van der Waals surface area contributed by atoms with Crippen LogP contribution < -0.4 is 4.74 Å². The van der Waals surface area contributed by atoms with E-state index in [1.54, 1.807) is 13.2 Å². The lowest BCUT2D eigenvalue weighted by molar-refractivity contribution is 0.415. The zero-order valence-electron chi connectivity index (χ0n) is 19.4. The van der Waals surface area contributed by atoms with Crippen molar-refractivity contribution in [3.63, 3.8) is 0 Å². The monoisotopic (exact) mass is 406 g/mol. The van der Waals surface area contributed by atoms with Crippen LogP contribution in [0.1, 0.15) is 87.8 Å². The number of aryl methyl sites for hydroxylation is 1. The number of methoxy groups -OCH3 is 1. The number of hydrogen-bond acceptors (Lipinski definition) is 1. The lowest BCUT2D eigenvalue weighted by Crippen LogP contribution is -1.87. The van der Waals surface area contributed by atoms with E-state index in [2.05, 4.69) is 44.3 Å². The van der Waals surface area contributed by atoms with Crippen LogP contribution in [0.2, 0.25) is 0 Å². The van der Waals surface area contributed by atoms with Crippen molar-refractivity contribution in [2.45, 2.75) is 77.6 Å². The molecule has 0 unspecified atom stereocenters. The maximum atomic E-state index is 4.98. The second-order valence-corrected chi connectivity index (χ2v) is 7.85. The first kappa shape index (κ1) is 25.8. The van der Waals surface area contributed by atoms with Crippen molar-refractivity contribution in [3.8, 4) is 5.75 Å². The Morgan fingerprint density at radius 1 is 0.633 bits per heavy atom. The van der Waals surface area contributed by atoms with Gasteiger partial charge >= 0.3 is 0 Å². The average Bonchev–Trinajstić information content (AvgIpc) is 2.81. The van der Waals surface area contributed by atoms with Crippen LogP contribution >= 0.6 is 0 Å². The molecule has 0 spiro atoms. The van der Waals surface area contributed by atoms with Crippen molar-refractivity contribution in [3.05, 3.63) is 78.4 Å². The summed E-state index contributed by atoms with van der Waals surface area (Å²) in [7, 11) is 1.66. The molecule has 0 amide bonds. The van der Waals surface area contributed by atoms with Gasteiger partial charge in [-0.1, -0.05) is 126 Å². The van der Waals surface area contributed by atoms with E-state index in [-0.39, 0.29) is 0 Å². The normalized spacial score (nSPS) is 10.1. The van der Waals surface area contributed by atoms with Crippen LogP contribution in [0.15, 0.2) is 61.7 Å². The van der Waals surface area contributed by atoms with Gasteiger partial charge in [-0.3, -0.25) is 0 Å². The van der Waals surface area contributed by atoms with Gasteiger partial charge in [0.25, 0.3) is 0 Å². The van der Waals surface area contributed by atoms with E-state index in [1.165, 1.54) is 81.8 Å². The van der Waals surface area contributed by atoms with E-state index in [0.29, 0.717) is 0 Å². The number of ether oxygens (including phenoxy) is 1. The summed E-state index contributed by atoms with van der Waals surface area (Å²) in [5, 5.41) is 0. The summed E-state index contributed by atoms with van der Waals surface area (Å²) in [6.45, 7) is 9.72. The molecule has 2 rings (SSSR count). The highest BCUT2D eigenvalue weighted by atomic mass is 16.5. The maximum absolute atomic E-state index is 4.98. The summed E-state index contributed by atoms with van der Waals surface area (Å²) >= 11 is 0. The van der Waals surface area contributed by atoms with Crippen LogP contribution in [0.4, 0.5) is 0 Å². The van der Waals surface area contributed by atoms with E-state index >= 15 is 0 Å². The van der Waals surface area contributed by atoms with Gasteiger partial charge in [-0.15, -0.1) is 0 Å². The molecular weight excluding hydrogens is 364 g/mol. The molecule has 1 nitrogen and oxygen atoms in total. The summed E-state index contributed by atoms with van der Waals surface area (Å²) in [4.78, 5) is 0. The van der Waals surface area contributed by atoms with E-state index < -0.39 is 0 Å². The van der Waals surface area contributed by atoms with Gasteiger partial charge in [0.05, 0.1) is 7.11 Å². The van der Waals surface area contributed by atoms with Crippen molar-refractivity contribution in [1.29, 1.82) is 0 Å². The van der Waals surface area contributed by atoms with Gasteiger partial charge in [-0.05, 0) is 41.7 Å². The molecule has 0 saturated heterocycles. The largest absolute Gasteiger partial charge is 0.497 e. The minimum Gasteiger partial charge on any atom is -0.497 e. The van der Waals surface area contributed by atoms with Crippen molar-refractivity contribution in [1.82, 2.24) is 0 Å². The Morgan fingerprint density at radius 2 is 1.07 bits per heavy atom. The Balaban J connectivity index is 0.000000375. The minimum atomic E-state index is 0.880. The van der Waals surface area contributed by atoms with Gasteiger partial charge in [0.1, 0.15) is 5.75 Å². The fourth-order valence-electron chi connectivity index (χ4n) is 3.38. The first-order valence-corrected chi connectivity index (χ1v) is 11.7. The fourth-order valence-corrected chi connectivity index (χ4v) is 3.38. The van der Waals surface area contributed by atoms with Crippen LogP contribution in [0.3, 0.4) is 0 Å². The first-order chi connectivity index (χ1) is 14.7. The third kappa shape index (κ3) is 12.3. The van der Waals surface area contributed by atoms with Gasteiger partial charge in [0, 0.05) is 0 Å². The third-order valence-corrected chi connectivity index (χ3v) is 5.39. The molecule has 1 heteroatoms. The molecule has 0 aliphatic carbocycles. The topological polar surface area (TPSA) is 9.23 Å². The molecule has 30 heavy (non-hydrogen) atoms. The summed E-state index contributed by atoms with van der Waals surface area (Å²) < 4.78 is 4.98. The summed E-state index contributed by atoms with van der Waals surface area (Å²) in [5.74, 6) is 0.880. The third-order valence-electron chi connectivity index (χ3n) is 5.39. The molecule has 0 N–H and O–H groups in total. The maximum Gasteiger partial charge on any atom is 0.118 e. The molecule has 0 bridgehead atoms. The minimum absolute atomic E-state index is 0.880. The molecule has 2 aromatic rings. The second-order valence-electron chi connectivity index (χ2n) is 7.85. The Kier molecular flexibility index (Phi) is 15.1. The Morgan fingerprint density at radius 3 is 1.50 bits per heavy atom. The predicted octanol–water partition coefficient (Wildman–Crippen LogP) is 9.13. The second kappa shape index (κ2) is 17.6. The Labute approximate surface area is 185 Å². The first-order valence-electron chi connectivity index (χ1n) is 11.7. The number of unbranched alkanes of at least 4 members (excludes halogenated alkanes) is 9. The molecule has 0 atom stereocenters. The number of rotatable bonds is 14. The SMILES string of the molecule is C=Cc1ccc(CCCCCCCCCCCC)cc1.C=Cc1ccc(OC)cc1. The zero-order valence-corrected chi connectivity index (χ0v) is 19.4. The molecule has 0 heterocycles. The summed E-state index contributed by atoms with van der Waals surface area (Å²) in [6.07, 6.45) is 19.1. The van der Waals surface area contributed by atoms with Crippen molar-refractivity contribution in [2.24, 2.45) is 0 Å². The predicted molar refractivity (Wildman–Crippen MR) is 135 cm³/mol. The highest BCUT2D eigenvalue weighted by Gasteiger charge is 1.95. The van der Waals surface area contributed by atoms with Crippen molar-refractivity contribution >= 4 is 12.2 Å². The molecule has 2 aromatic carbocycles. The van der Waals surface area contributed by atoms with E-state index in [0.717, 1.165) is 11.3 Å². The summed E-state index contributed by atoms with van der Waals surface area (Å²) in [6, 6.07) is 16.6. The molecular formula is C29H42O. The number of hydrogen-bond donors (Lipinski definition) is 0. The van der Waals surface area contributed by atoms with Gasteiger partial charge in [0.2, 0.25) is 0 Å². The molecule has 0 aliphatic rings. The Hall–Kier alpha value is -2.28. The molecule has 0 saturated carbocycles. The zero-order chi connectivity index (χ0) is 21.9. The lowest BCUT2D eigenvalue weighted by atomic mass is 10.0. The Bertz CT molecular complexity index is 667. The average molecular weight is 407 g/mol. The van der Waals surface area contributed by atoms with Crippen LogP contribution in [-0.2, 0) is 6.42 Å². The molecule has 0 aliphatic heterocycles. The van der Waals surface area contributed by atoms with E-state index in [4.69, 9.17) is 4.74 Å². The highest BCUT2D eigenvalue weighted by Crippen LogP contribution is 2.13. The van der Waals surface area contributed by atoms with Gasteiger partial charge in [-0.25, -0.2) is 0 Å². The summed E-state index contributed by atoms with van der Waals surface area (Å²) in [5.41, 5.74) is 3.80. The standard InChI is InChI=1S/C20H32.C9H10O/c1-3-5-6-7-8-9-10-11-12-13-14-20-17-15-19(4-2)16-18-20;1-3-8-4-6-9(10-2)7-5-8/h4,15-18H,2-3,5-14H2,1H3;3-7H,1H2,2H3. The van der Waals surface area contributed by atoms with Crippen molar-refractivity contribution < 1.29 is 4.74 Å². The van der Waals surface area contributed by atoms with E-state index in [9.17, 15) is 0 Å². The van der Waals surface area contributed by atoms with Gasteiger partial charge < -0.3 is 4.74 Å². The molecule has 164 valence electrons. The fraction of sp³-hybridized carbons (Fsp3) is 0.448. The van der Waals surface area contributed by atoms with Crippen LogP contribution in [0.5, 0.6) is 5.75 Å². The van der Waals surface area contributed by atoms with E-state index in [1.807, 2.05) is 30.3 Å². The highest BCUT2D eigenvalue weighted by molar-refractivity contribution is 5.48. The molecule has 0 aromatic heterocycles. The lowest BCUT2D eigenvalue weighted by Gasteiger charge is -2.03. The molecule has 0 fully saturated rings. The quantitative estimate of drug-likeness (QED) is 0.284. The van der Waals surface area contributed by atoms with Gasteiger partial charge in [0.15, 0.2) is 0 Å². The number of benzene rings is 2. The van der Waals surface area contributed by atoms with Gasteiger partial charge in [-0.2, -0.15) is 0 Å².